The van der Waals surface area contributed by atoms with Gasteiger partial charge in [0.25, 0.3) is 0 Å². The molecule has 0 N–H and O–H groups in total. The van der Waals surface area contributed by atoms with Gasteiger partial charge < -0.3 is 9.64 Å². The molecule has 0 saturated heterocycles. The molecule has 0 bridgehead atoms. The lowest BCUT2D eigenvalue weighted by molar-refractivity contribution is -0.141. The number of nitrogens with zero attached hydrogens (tertiary/aromatic N) is 1. The summed E-state index contributed by atoms with van der Waals surface area (Å²) in [5.74, 6) is -0.396. The minimum Gasteiger partial charge on any atom is -0.466 e. The maximum absolute atomic E-state index is 11.6. The van der Waals surface area contributed by atoms with Crippen molar-refractivity contribution in [1.82, 2.24) is 4.90 Å². The predicted molar refractivity (Wildman–Crippen MR) is 62.9 cm³/mol. The van der Waals surface area contributed by atoms with Gasteiger partial charge in [-0.1, -0.05) is 6.58 Å². The minimum absolute atomic E-state index is 0.102. The highest BCUT2D eigenvalue weighted by Crippen LogP contribution is 2.14. The summed E-state index contributed by atoms with van der Waals surface area (Å²) in [6, 6.07) is 0. The molecule has 0 aliphatic heterocycles. The molecule has 4 nitrogen and oxygen atoms in total. The first kappa shape index (κ1) is 14.7. The molecule has 0 aliphatic rings. The van der Waals surface area contributed by atoms with Crippen LogP contribution in [0.15, 0.2) is 12.7 Å². The van der Waals surface area contributed by atoms with Crippen LogP contribution in [0.5, 0.6) is 0 Å². The quantitative estimate of drug-likeness (QED) is 0.408. The highest BCUT2D eigenvalue weighted by Gasteiger charge is 2.23. The van der Waals surface area contributed by atoms with Gasteiger partial charge in [0.1, 0.15) is 0 Å². The summed E-state index contributed by atoms with van der Waals surface area (Å²) in [4.78, 5) is 23.9. The zero-order valence-electron chi connectivity index (χ0n) is 10.6. The van der Waals surface area contributed by atoms with E-state index in [0.717, 1.165) is 0 Å². The highest BCUT2D eigenvalue weighted by molar-refractivity contribution is 5.87. The van der Waals surface area contributed by atoms with Gasteiger partial charge in [-0.25, -0.2) is 0 Å². The van der Waals surface area contributed by atoms with Crippen molar-refractivity contribution in [3.8, 4) is 0 Å². The molecular weight excluding hydrogens is 206 g/mol. The molecule has 0 heterocycles. The number of hydrogen-bond donors (Lipinski definition) is 0. The van der Waals surface area contributed by atoms with Crippen LogP contribution in [-0.4, -0.2) is 35.5 Å². The molecule has 0 radical (unpaired) electrons. The van der Waals surface area contributed by atoms with Gasteiger partial charge in [-0.15, -0.1) is 0 Å². The molecule has 0 fully saturated rings. The first-order valence-electron chi connectivity index (χ1n) is 5.36. The van der Waals surface area contributed by atoms with E-state index in [9.17, 15) is 9.59 Å². The molecule has 0 aliphatic carbocycles. The van der Waals surface area contributed by atoms with Crippen LogP contribution in [0.25, 0.3) is 0 Å². The van der Waals surface area contributed by atoms with Crippen molar-refractivity contribution >= 4 is 11.9 Å². The lowest BCUT2D eigenvalue weighted by atomic mass is 10.1. The van der Waals surface area contributed by atoms with Crippen LogP contribution < -0.4 is 0 Å². The van der Waals surface area contributed by atoms with Crippen LogP contribution in [0.3, 0.4) is 0 Å². The second kappa shape index (κ2) is 6.30. The second-order valence-corrected chi connectivity index (χ2v) is 4.56. The SMILES string of the molecule is C=CC(=O)N(CCCOC(C)=O)C(C)(C)C. The smallest absolute Gasteiger partial charge is 0.302 e. The van der Waals surface area contributed by atoms with Gasteiger partial charge in [-0.2, -0.15) is 0 Å². The second-order valence-electron chi connectivity index (χ2n) is 4.56. The summed E-state index contributed by atoms with van der Waals surface area (Å²) in [5.41, 5.74) is -0.249. The van der Waals surface area contributed by atoms with Crippen LogP contribution in [0.2, 0.25) is 0 Å². The lowest BCUT2D eigenvalue weighted by Gasteiger charge is -2.35. The molecule has 0 saturated carbocycles. The van der Waals surface area contributed by atoms with Crippen molar-refractivity contribution in [1.29, 1.82) is 0 Å². The molecule has 16 heavy (non-hydrogen) atoms. The van der Waals surface area contributed by atoms with Gasteiger partial charge in [0.15, 0.2) is 0 Å². The maximum atomic E-state index is 11.6. The summed E-state index contributed by atoms with van der Waals surface area (Å²) >= 11 is 0. The normalized spacial score (nSPS) is 10.8. The highest BCUT2D eigenvalue weighted by atomic mass is 16.5. The van der Waals surface area contributed by atoms with Crippen LogP contribution >= 0.6 is 0 Å². The number of esters is 1. The van der Waals surface area contributed by atoms with Crippen molar-refractivity contribution in [2.24, 2.45) is 0 Å². The molecule has 0 aromatic carbocycles. The first-order valence-corrected chi connectivity index (χ1v) is 5.36. The summed E-state index contributed by atoms with van der Waals surface area (Å²) in [6.07, 6.45) is 1.94. The van der Waals surface area contributed by atoms with Gasteiger partial charge >= 0.3 is 5.97 Å². The third-order valence-electron chi connectivity index (χ3n) is 2.08. The average Bonchev–Trinajstić information content (AvgIpc) is 2.14. The fraction of sp³-hybridized carbons (Fsp3) is 0.667. The number of hydrogen-bond acceptors (Lipinski definition) is 3. The zero-order valence-corrected chi connectivity index (χ0v) is 10.6. The summed E-state index contributed by atoms with van der Waals surface area (Å²) in [5, 5.41) is 0. The Hall–Kier alpha value is -1.32. The van der Waals surface area contributed by atoms with E-state index in [1.165, 1.54) is 13.0 Å². The number of amides is 1. The summed E-state index contributed by atoms with van der Waals surface area (Å²) in [6.45, 7) is 11.6. The first-order chi connectivity index (χ1) is 7.29. The molecule has 0 spiro atoms. The van der Waals surface area contributed by atoms with Crippen LogP contribution in [0, 0.1) is 0 Å². The van der Waals surface area contributed by atoms with Crippen molar-refractivity contribution < 1.29 is 14.3 Å². The third kappa shape index (κ3) is 5.53. The van der Waals surface area contributed by atoms with Gasteiger partial charge in [-0.3, -0.25) is 9.59 Å². The monoisotopic (exact) mass is 227 g/mol. The Kier molecular flexibility index (Phi) is 5.78. The Morgan fingerprint density at radius 1 is 1.38 bits per heavy atom. The molecule has 0 unspecified atom stereocenters. The van der Waals surface area contributed by atoms with Gasteiger partial charge in [0, 0.05) is 19.0 Å². The largest absolute Gasteiger partial charge is 0.466 e. The molecule has 92 valence electrons. The molecule has 0 aromatic rings. The van der Waals surface area contributed by atoms with Crippen LogP contribution in [-0.2, 0) is 14.3 Å². The fourth-order valence-corrected chi connectivity index (χ4v) is 1.32. The van der Waals surface area contributed by atoms with Gasteiger partial charge in [-0.05, 0) is 33.3 Å². The Morgan fingerprint density at radius 3 is 2.31 bits per heavy atom. The predicted octanol–water partition coefficient (Wildman–Crippen LogP) is 1.75. The molecule has 0 atom stereocenters. The van der Waals surface area contributed by atoms with Crippen molar-refractivity contribution in [2.45, 2.75) is 39.7 Å². The van der Waals surface area contributed by atoms with E-state index in [4.69, 9.17) is 4.74 Å². The molecule has 0 rings (SSSR count). The lowest BCUT2D eigenvalue weighted by Crippen LogP contribution is -2.45. The topological polar surface area (TPSA) is 46.6 Å². The summed E-state index contributed by atoms with van der Waals surface area (Å²) in [7, 11) is 0. The number of ether oxygens (including phenoxy) is 1. The number of rotatable bonds is 5. The van der Waals surface area contributed by atoms with Crippen molar-refractivity contribution in [2.75, 3.05) is 13.2 Å². The van der Waals surface area contributed by atoms with E-state index in [2.05, 4.69) is 6.58 Å². The standard InChI is InChI=1S/C12H21NO3/c1-6-11(15)13(12(3,4)5)8-7-9-16-10(2)14/h6H,1,7-9H2,2-5H3. The van der Waals surface area contributed by atoms with Crippen LogP contribution in [0.4, 0.5) is 0 Å². The summed E-state index contributed by atoms with van der Waals surface area (Å²) < 4.78 is 4.82. The molecule has 0 aromatic heterocycles. The Balaban J connectivity index is 4.19. The average molecular weight is 227 g/mol. The zero-order chi connectivity index (χ0) is 12.8. The van der Waals surface area contributed by atoms with E-state index in [0.29, 0.717) is 19.6 Å². The fourth-order valence-electron chi connectivity index (χ4n) is 1.32. The van der Waals surface area contributed by atoms with Crippen LogP contribution in [0.1, 0.15) is 34.1 Å². The molecule has 1 amide bonds. The van der Waals surface area contributed by atoms with Gasteiger partial charge in [0.2, 0.25) is 5.91 Å². The Labute approximate surface area is 97.3 Å². The minimum atomic E-state index is -0.294. The molecular formula is C12H21NO3. The van der Waals surface area contributed by atoms with E-state index < -0.39 is 0 Å². The number of carbonyl (C=O) groups is 2. The third-order valence-corrected chi connectivity index (χ3v) is 2.08. The van der Waals surface area contributed by atoms with E-state index >= 15 is 0 Å². The van der Waals surface area contributed by atoms with E-state index in [-0.39, 0.29) is 17.4 Å². The van der Waals surface area contributed by atoms with Crippen molar-refractivity contribution in [3.63, 3.8) is 0 Å². The molecule has 4 heteroatoms. The van der Waals surface area contributed by atoms with Gasteiger partial charge in [0.05, 0.1) is 6.61 Å². The Morgan fingerprint density at radius 2 is 1.94 bits per heavy atom. The van der Waals surface area contributed by atoms with E-state index in [1.807, 2.05) is 20.8 Å². The number of carbonyl (C=O) groups excluding carboxylic acids is 2. The maximum Gasteiger partial charge on any atom is 0.302 e. The van der Waals surface area contributed by atoms with Crippen molar-refractivity contribution in [3.05, 3.63) is 12.7 Å². The Bertz CT molecular complexity index is 266. The van der Waals surface area contributed by atoms with E-state index in [1.54, 1.807) is 4.90 Å².